The molecule has 2 aromatic heterocycles. The monoisotopic (exact) mass is 300 g/mol. The van der Waals surface area contributed by atoms with Crippen molar-refractivity contribution in [2.45, 2.75) is 31.1 Å². The van der Waals surface area contributed by atoms with E-state index < -0.39 is 12.2 Å². The normalized spacial score (nSPS) is 24.4. The van der Waals surface area contributed by atoms with E-state index in [1.54, 1.807) is 0 Å². The zero-order valence-electron chi connectivity index (χ0n) is 11.4. The highest BCUT2D eigenvalue weighted by atomic mass is 19.4. The second-order valence-corrected chi connectivity index (χ2v) is 5.24. The van der Waals surface area contributed by atoms with Crippen LogP contribution in [0.2, 0.25) is 0 Å². The zero-order valence-corrected chi connectivity index (χ0v) is 11.4. The number of anilines is 1. The van der Waals surface area contributed by atoms with Crippen molar-refractivity contribution in [2.24, 2.45) is 0 Å². The smallest absolute Gasteiger partial charge is 0.364 e. The summed E-state index contributed by atoms with van der Waals surface area (Å²) in [5.74, 6) is 0.571. The number of aromatic nitrogens is 4. The molecule has 0 radical (unpaired) electrons. The van der Waals surface area contributed by atoms with Crippen LogP contribution >= 0.6 is 0 Å². The number of rotatable bonds is 2. The Morgan fingerprint density at radius 3 is 2.81 bits per heavy atom. The van der Waals surface area contributed by atoms with E-state index in [2.05, 4.69) is 25.3 Å². The first-order valence-electron chi connectivity index (χ1n) is 6.62. The number of halogens is 3. The lowest BCUT2D eigenvalue weighted by atomic mass is 9.98. The fourth-order valence-corrected chi connectivity index (χ4v) is 2.74. The fraction of sp³-hybridized carbons (Fsp3) is 0.583. The van der Waals surface area contributed by atoms with Crippen LogP contribution in [0.3, 0.4) is 0 Å². The summed E-state index contributed by atoms with van der Waals surface area (Å²) in [7, 11) is 1.50. The van der Waals surface area contributed by atoms with Gasteiger partial charge in [0.15, 0.2) is 11.5 Å². The Hall–Kier alpha value is -1.90. The third-order valence-electron chi connectivity index (χ3n) is 3.77. The van der Waals surface area contributed by atoms with Crippen LogP contribution in [0.15, 0.2) is 12.7 Å². The summed E-state index contributed by atoms with van der Waals surface area (Å²) >= 11 is 0. The van der Waals surface area contributed by atoms with Gasteiger partial charge in [0.25, 0.3) is 0 Å². The number of piperidine rings is 1. The summed E-state index contributed by atoms with van der Waals surface area (Å²) in [5, 5.41) is 3.18. The van der Waals surface area contributed by atoms with Gasteiger partial charge in [-0.15, -0.1) is 0 Å². The maximum absolute atomic E-state index is 12.8. The molecule has 1 aliphatic rings. The molecule has 2 N–H and O–H groups in total. The molecule has 1 fully saturated rings. The largest absolute Gasteiger partial charge is 0.404 e. The van der Waals surface area contributed by atoms with Crippen LogP contribution in [-0.2, 0) is 0 Å². The molecule has 0 spiro atoms. The lowest BCUT2D eigenvalue weighted by molar-refractivity contribution is -0.187. The van der Waals surface area contributed by atoms with Gasteiger partial charge in [-0.25, -0.2) is 15.0 Å². The van der Waals surface area contributed by atoms with E-state index in [0.717, 1.165) is 0 Å². The first-order chi connectivity index (χ1) is 9.95. The molecule has 1 saturated heterocycles. The average molecular weight is 300 g/mol. The highest BCUT2D eigenvalue weighted by molar-refractivity contribution is 5.82. The summed E-state index contributed by atoms with van der Waals surface area (Å²) in [4.78, 5) is 16.4. The van der Waals surface area contributed by atoms with E-state index in [-0.39, 0.29) is 12.5 Å². The fourth-order valence-electron chi connectivity index (χ4n) is 2.74. The van der Waals surface area contributed by atoms with Crippen LogP contribution in [0, 0.1) is 0 Å². The topological polar surface area (TPSA) is 69.7 Å². The van der Waals surface area contributed by atoms with Crippen molar-refractivity contribution in [1.29, 1.82) is 0 Å². The first kappa shape index (κ1) is 14.1. The third kappa shape index (κ3) is 2.78. The number of likely N-dealkylation sites (tertiary alicyclic amines) is 1. The van der Waals surface area contributed by atoms with Crippen molar-refractivity contribution in [3.05, 3.63) is 12.7 Å². The van der Waals surface area contributed by atoms with E-state index in [1.165, 1.54) is 24.6 Å². The summed E-state index contributed by atoms with van der Waals surface area (Å²) in [6, 6.07) is -1.46. The zero-order chi connectivity index (χ0) is 15.0. The van der Waals surface area contributed by atoms with Crippen molar-refractivity contribution in [1.82, 2.24) is 24.8 Å². The number of H-pyrrole nitrogens is 1. The molecule has 21 heavy (non-hydrogen) atoms. The summed E-state index contributed by atoms with van der Waals surface area (Å²) in [5.41, 5.74) is 1.20. The molecule has 0 amide bonds. The predicted molar refractivity (Wildman–Crippen MR) is 70.8 cm³/mol. The maximum atomic E-state index is 12.8. The SMILES string of the molecule is CN1C[C@H](Nc2ncnc3nc[nH]c23)CC[C@@H]1C(F)(F)F. The molecular formula is C12H15F3N6. The van der Waals surface area contributed by atoms with Crippen LogP contribution in [0.4, 0.5) is 19.0 Å². The van der Waals surface area contributed by atoms with Gasteiger partial charge in [-0.3, -0.25) is 4.90 Å². The number of aromatic amines is 1. The molecule has 2 atom stereocenters. The van der Waals surface area contributed by atoms with Gasteiger partial charge in [0.1, 0.15) is 17.9 Å². The van der Waals surface area contributed by atoms with Crippen molar-refractivity contribution >= 4 is 17.0 Å². The van der Waals surface area contributed by atoms with Crippen LogP contribution in [0.25, 0.3) is 11.2 Å². The Morgan fingerprint density at radius 1 is 1.29 bits per heavy atom. The minimum atomic E-state index is -4.18. The number of imidazole rings is 1. The Morgan fingerprint density at radius 2 is 2.10 bits per heavy atom. The number of hydrogen-bond acceptors (Lipinski definition) is 5. The van der Waals surface area contributed by atoms with Gasteiger partial charge in [0, 0.05) is 12.6 Å². The van der Waals surface area contributed by atoms with Gasteiger partial charge < -0.3 is 10.3 Å². The van der Waals surface area contributed by atoms with Gasteiger partial charge in [-0.1, -0.05) is 0 Å². The third-order valence-corrected chi connectivity index (χ3v) is 3.77. The lowest BCUT2D eigenvalue weighted by Crippen LogP contribution is -2.52. The molecule has 3 heterocycles. The summed E-state index contributed by atoms with van der Waals surface area (Å²) in [6.07, 6.45) is -0.762. The molecule has 0 bridgehead atoms. The Balaban J connectivity index is 1.71. The Labute approximate surface area is 118 Å². The summed E-state index contributed by atoms with van der Waals surface area (Å²) < 4.78 is 38.4. The van der Waals surface area contributed by atoms with E-state index >= 15 is 0 Å². The average Bonchev–Trinajstić information content (AvgIpc) is 2.86. The van der Waals surface area contributed by atoms with Gasteiger partial charge in [0.05, 0.1) is 6.33 Å². The Kier molecular flexibility index (Phi) is 3.44. The van der Waals surface area contributed by atoms with Gasteiger partial charge >= 0.3 is 6.18 Å². The number of hydrogen-bond donors (Lipinski definition) is 2. The van der Waals surface area contributed by atoms with E-state index in [1.807, 2.05) is 0 Å². The summed E-state index contributed by atoms with van der Waals surface area (Å²) in [6.45, 7) is 0.309. The second kappa shape index (κ2) is 5.14. The molecule has 6 nitrogen and oxygen atoms in total. The predicted octanol–water partition coefficient (Wildman–Crippen LogP) is 1.79. The van der Waals surface area contributed by atoms with Crippen LogP contribution in [-0.4, -0.2) is 56.7 Å². The number of nitrogens with one attached hydrogen (secondary N) is 2. The van der Waals surface area contributed by atoms with Crippen molar-refractivity contribution in [3.8, 4) is 0 Å². The van der Waals surface area contributed by atoms with Crippen LogP contribution in [0.5, 0.6) is 0 Å². The molecule has 9 heteroatoms. The van der Waals surface area contributed by atoms with Crippen molar-refractivity contribution < 1.29 is 13.2 Å². The highest BCUT2D eigenvalue weighted by Gasteiger charge is 2.44. The molecule has 1 aliphatic heterocycles. The minimum Gasteiger partial charge on any atom is -0.364 e. The molecule has 0 saturated carbocycles. The van der Waals surface area contributed by atoms with E-state index in [9.17, 15) is 13.2 Å². The molecule has 0 unspecified atom stereocenters. The first-order valence-corrected chi connectivity index (χ1v) is 6.62. The molecule has 114 valence electrons. The second-order valence-electron chi connectivity index (χ2n) is 5.24. The number of alkyl halides is 3. The molecule has 0 aliphatic carbocycles. The molecule has 3 rings (SSSR count). The lowest BCUT2D eigenvalue weighted by Gasteiger charge is -2.38. The number of fused-ring (bicyclic) bond motifs is 1. The van der Waals surface area contributed by atoms with E-state index in [4.69, 9.17) is 0 Å². The van der Waals surface area contributed by atoms with Crippen LogP contribution in [0.1, 0.15) is 12.8 Å². The highest BCUT2D eigenvalue weighted by Crippen LogP contribution is 2.31. The maximum Gasteiger partial charge on any atom is 0.404 e. The van der Waals surface area contributed by atoms with Crippen molar-refractivity contribution in [3.63, 3.8) is 0 Å². The quantitative estimate of drug-likeness (QED) is 0.885. The van der Waals surface area contributed by atoms with Gasteiger partial charge in [-0.2, -0.15) is 13.2 Å². The van der Waals surface area contributed by atoms with Gasteiger partial charge in [0.2, 0.25) is 0 Å². The van der Waals surface area contributed by atoms with Crippen molar-refractivity contribution in [2.75, 3.05) is 18.9 Å². The van der Waals surface area contributed by atoms with E-state index in [0.29, 0.717) is 29.9 Å². The standard InChI is InChI=1S/C12H15F3N6/c1-21-4-7(2-3-8(21)12(13,14)15)20-11-9-10(17-5-16-9)18-6-19-11/h5-8H,2-4H2,1H3,(H2,16,17,18,19,20)/t7-,8-/m1/s1. The number of nitrogens with zero attached hydrogens (tertiary/aromatic N) is 4. The van der Waals surface area contributed by atoms with Crippen LogP contribution < -0.4 is 5.32 Å². The molecular weight excluding hydrogens is 285 g/mol. The Bertz CT molecular complexity index is 625. The van der Waals surface area contributed by atoms with Gasteiger partial charge in [-0.05, 0) is 19.9 Å². The number of likely N-dealkylation sites (N-methyl/N-ethyl adjacent to an activating group) is 1. The minimum absolute atomic E-state index is 0.0782. The molecule has 2 aromatic rings. The molecule has 0 aromatic carbocycles.